The first-order valence-corrected chi connectivity index (χ1v) is 9.65. The number of benzene rings is 2. The fourth-order valence-electron chi connectivity index (χ4n) is 3.71. The van der Waals surface area contributed by atoms with Crippen molar-refractivity contribution in [3.63, 3.8) is 0 Å². The predicted molar refractivity (Wildman–Crippen MR) is 106 cm³/mol. The van der Waals surface area contributed by atoms with Gasteiger partial charge in [0, 0.05) is 18.2 Å². The zero-order valence-corrected chi connectivity index (χ0v) is 17.0. The summed E-state index contributed by atoms with van der Waals surface area (Å²) in [6, 6.07) is 9.03. The van der Waals surface area contributed by atoms with Crippen molar-refractivity contribution < 1.29 is 33.6 Å². The highest BCUT2D eigenvalue weighted by Gasteiger charge is 2.42. The van der Waals surface area contributed by atoms with Crippen LogP contribution in [0.4, 0.5) is 0 Å². The van der Waals surface area contributed by atoms with Gasteiger partial charge < -0.3 is 29.0 Å². The number of hydrogen-bond acceptors (Lipinski definition) is 6. The maximum Gasteiger partial charge on any atom is 0.331 e. The molecule has 0 aliphatic carbocycles. The van der Waals surface area contributed by atoms with E-state index in [0.717, 1.165) is 5.56 Å². The van der Waals surface area contributed by atoms with Gasteiger partial charge in [0.15, 0.2) is 23.6 Å². The SMILES string of the molecule is COc1ccc2c(c1)OC(C(C)C)C(=O)N(Cc1ccc3c(c1)OCO3)C2C(=O)O. The smallest absolute Gasteiger partial charge is 0.331 e. The Morgan fingerprint density at radius 3 is 2.63 bits per heavy atom. The van der Waals surface area contributed by atoms with Gasteiger partial charge in [-0.1, -0.05) is 19.9 Å². The van der Waals surface area contributed by atoms with Gasteiger partial charge in [0.25, 0.3) is 5.91 Å². The number of carbonyl (C=O) groups is 2. The molecular weight excluding hydrogens is 390 g/mol. The Morgan fingerprint density at radius 1 is 1.17 bits per heavy atom. The van der Waals surface area contributed by atoms with Gasteiger partial charge in [-0.25, -0.2) is 4.79 Å². The molecule has 0 aromatic heterocycles. The van der Waals surface area contributed by atoms with Gasteiger partial charge >= 0.3 is 5.97 Å². The van der Waals surface area contributed by atoms with Crippen molar-refractivity contribution >= 4 is 11.9 Å². The van der Waals surface area contributed by atoms with E-state index in [0.29, 0.717) is 28.6 Å². The van der Waals surface area contributed by atoms with Crippen LogP contribution in [0.25, 0.3) is 0 Å². The highest BCUT2D eigenvalue weighted by Crippen LogP contribution is 2.39. The zero-order valence-electron chi connectivity index (χ0n) is 17.0. The van der Waals surface area contributed by atoms with Crippen LogP contribution in [0.1, 0.15) is 31.0 Å². The fraction of sp³-hybridized carbons (Fsp3) is 0.364. The molecule has 0 bridgehead atoms. The lowest BCUT2D eigenvalue weighted by molar-refractivity contribution is -0.154. The molecule has 0 radical (unpaired) electrons. The van der Waals surface area contributed by atoms with Crippen LogP contribution < -0.4 is 18.9 Å². The molecule has 2 aromatic rings. The average molecular weight is 413 g/mol. The summed E-state index contributed by atoms with van der Waals surface area (Å²) < 4.78 is 22.0. The van der Waals surface area contributed by atoms with Crippen LogP contribution in [-0.2, 0) is 16.1 Å². The number of carboxylic acid groups (broad SMARTS) is 1. The summed E-state index contributed by atoms with van der Waals surface area (Å²) in [5.74, 6) is 0.371. The lowest BCUT2D eigenvalue weighted by Gasteiger charge is -2.29. The Hall–Kier alpha value is -3.42. The first-order valence-electron chi connectivity index (χ1n) is 9.65. The molecule has 2 unspecified atom stereocenters. The molecule has 0 saturated heterocycles. The van der Waals surface area contributed by atoms with E-state index in [4.69, 9.17) is 18.9 Å². The summed E-state index contributed by atoms with van der Waals surface area (Å²) in [7, 11) is 1.52. The highest BCUT2D eigenvalue weighted by atomic mass is 16.7. The first-order chi connectivity index (χ1) is 14.4. The minimum atomic E-state index is -1.20. The number of nitrogens with zero attached hydrogens (tertiary/aromatic N) is 1. The number of carbonyl (C=O) groups excluding carboxylic acids is 1. The van der Waals surface area contributed by atoms with Crippen LogP contribution in [-0.4, -0.2) is 41.9 Å². The van der Waals surface area contributed by atoms with Crippen molar-refractivity contribution in [3.8, 4) is 23.0 Å². The number of ether oxygens (including phenoxy) is 4. The molecule has 4 rings (SSSR count). The van der Waals surface area contributed by atoms with E-state index in [1.807, 2.05) is 13.8 Å². The Morgan fingerprint density at radius 2 is 1.93 bits per heavy atom. The van der Waals surface area contributed by atoms with E-state index in [-0.39, 0.29) is 25.2 Å². The second-order valence-electron chi connectivity index (χ2n) is 7.58. The minimum absolute atomic E-state index is 0.0878. The van der Waals surface area contributed by atoms with Gasteiger partial charge in [-0.15, -0.1) is 0 Å². The number of hydrogen-bond donors (Lipinski definition) is 1. The maximum absolute atomic E-state index is 13.4. The molecule has 158 valence electrons. The van der Waals surface area contributed by atoms with E-state index in [9.17, 15) is 14.7 Å². The Balaban J connectivity index is 1.78. The van der Waals surface area contributed by atoms with Crippen molar-refractivity contribution in [2.75, 3.05) is 13.9 Å². The van der Waals surface area contributed by atoms with Gasteiger partial charge in [-0.2, -0.15) is 0 Å². The second kappa shape index (κ2) is 7.78. The average Bonchev–Trinajstić information content (AvgIpc) is 3.14. The number of fused-ring (bicyclic) bond motifs is 2. The normalized spacial score (nSPS) is 19.9. The van der Waals surface area contributed by atoms with Crippen LogP contribution in [0.5, 0.6) is 23.0 Å². The molecule has 0 saturated carbocycles. The molecule has 0 fully saturated rings. The Kier molecular flexibility index (Phi) is 5.15. The zero-order chi connectivity index (χ0) is 21.4. The number of amides is 1. The van der Waals surface area contributed by atoms with Crippen LogP contribution in [0.3, 0.4) is 0 Å². The molecule has 1 N–H and O–H groups in total. The molecular formula is C22H23NO7. The molecule has 1 amide bonds. The second-order valence-corrected chi connectivity index (χ2v) is 7.58. The predicted octanol–water partition coefficient (Wildman–Crippen LogP) is 3.00. The van der Waals surface area contributed by atoms with Gasteiger partial charge in [-0.3, -0.25) is 4.79 Å². The largest absolute Gasteiger partial charge is 0.497 e. The Labute approximate surface area is 173 Å². The van der Waals surface area contributed by atoms with Gasteiger partial charge in [-0.05, 0) is 35.7 Å². The van der Waals surface area contributed by atoms with E-state index in [1.54, 1.807) is 36.4 Å². The highest BCUT2D eigenvalue weighted by molar-refractivity contribution is 5.89. The molecule has 8 heteroatoms. The number of methoxy groups -OCH3 is 1. The van der Waals surface area contributed by atoms with Crippen molar-refractivity contribution in [2.24, 2.45) is 5.92 Å². The molecule has 2 atom stereocenters. The summed E-state index contributed by atoms with van der Waals surface area (Å²) >= 11 is 0. The van der Waals surface area contributed by atoms with Crippen molar-refractivity contribution in [2.45, 2.75) is 32.5 Å². The molecule has 0 spiro atoms. The molecule has 30 heavy (non-hydrogen) atoms. The van der Waals surface area contributed by atoms with E-state index >= 15 is 0 Å². The van der Waals surface area contributed by atoms with E-state index in [1.165, 1.54) is 12.0 Å². The number of rotatable bonds is 5. The topological polar surface area (TPSA) is 94.5 Å². The van der Waals surface area contributed by atoms with Crippen LogP contribution >= 0.6 is 0 Å². The van der Waals surface area contributed by atoms with Crippen LogP contribution in [0.2, 0.25) is 0 Å². The van der Waals surface area contributed by atoms with Crippen molar-refractivity contribution in [1.82, 2.24) is 4.90 Å². The summed E-state index contributed by atoms with van der Waals surface area (Å²) in [5, 5.41) is 10.1. The first kappa shape index (κ1) is 19.9. The van der Waals surface area contributed by atoms with Gasteiger partial charge in [0.05, 0.1) is 7.11 Å². The molecule has 2 aliphatic heterocycles. The third-order valence-corrected chi connectivity index (χ3v) is 5.24. The lowest BCUT2D eigenvalue weighted by Crippen LogP contribution is -2.45. The molecule has 8 nitrogen and oxygen atoms in total. The van der Waals surface area contributed by atoms with Crippen LogP contribution in [0.15, 0.2) is 36.4 Å². The van der Waals surface area contributed by atoms with Crippen molar-refractivity contribution in [1.29, 1.82) is 0 Å². The van der Waals surface area contributed by atoms with Crippen LogP contribution in [0, 0.1) is 5.92 Å². The summed E-state index contributed by atoms with van der Waals surface area (Å²) in [5.41, 5.74) is 1.14. The summed E-state index contributed by atoms with van der Waals surface area (Å²) in [4.78, 5) is 27.1. The maximum atomic E-state index is 13.4. The van der Waals surface area contributed by atoms with Gasteiger partial charge in [0.1, 0.15) is 11.5 Å². The monoisotopic (exact) mass is 413 g/mol. The lowest BCUT2D eigenvalue weighted by atomic mass is 10.0. The standard InChI is InChI=1S/C22H23NO7/c1-12(2)20-21(24)23(10-13-4-7-16-18(8-13)29-11-28-16)19(22(25)26)15-6-5-14(27-3)9-17(15)30-20/h4-9,12,19-20H,10-11H2,1-3H3,(H,25,26). The summed E-state index contributed by atoms with van der Waals surface area (Å²) in [6.07, 6.45) is -0.825. The third kappa shape index (κ3) is 3.49. The quantitative estimate of drug-likeness (QED) is 0.805. The number of carboxylic acids is 1. The van der Waals surface area contributed by atoms with E-state index < -0.39 is 18.1 Å². The molecule has 2 aromatic carbocycles. The van der Waals surface area contributed by atoms with Gasteiger partial charge in [0.2, 0.25) is 6.79 Å². The summed E-state index contributed by atoms with van der Waals surface area (Å²) in [6.45, 7) is 3.95. The fourth-order valence-corrected chi connectivity index (χ4v) is 3.71. The Bertz CT molecular complexity index is 987. The number of aliphatic carboxylic acids is 1. The van der Waals surface area contributed by atoms with E-state index in [2.05, 4.69) is 0 Å². The molecule has 2 aliphatic rings. The molecule has 2 heterocycles. The van der Waals surface area contributed by atoms with Crippen molar-refractivity contribution in [3.05, 3.63) is 47.5 Å². The minimum Gasteiger partial charge on any atom is -0.497 e. The third-order valence-electron chi connectivity index (χ3n) is 5.24.